The fourth-order valence-electron chi connectivity index (χ4n) is 2.21. The maximum absolute atomic E-state index is 12.5. The minimum atomic E-state index is -3.81. The number of hydrogen-bond donors (Lipinski definition) is 1. The highest BCUT2D eigenvalue weighted by Crippen LogP contribution is 2.29. The summed E-state index contributed by atoms with van der Waals surface area (Å²) in [4.78, 5) is 10.7. The molecule has 1 aromatic rings. The highest BCUT2D eigenvalue weighted by Gasteiger charge is 2.30. The van der Waals surface area contributed by atoms with E-state index < -0.39 is 21.8 Å². The lowest BCUT2D eigenvalue weighted by Gasteiger charge is -2.26. The molecule has 0 bridgehead atoms. The number of rotatable bonds is 5. The van der Waals surface area contributed by atoms with Gasteiger partial charge in [0.1, 0.15) is 4.90 Å². The largest absolute Gasteiger partial charge is 0.475 e. The van der Waals surface area contributed by atoms with E-state index in [-0.39, 0.29) is 15.5 Å². The minimum absolute atomic E-state index is 0.105. The number of sulfonamides is 1. The van der Waals surface area contributed by atoms with Crippen molar-refractivity contribution >= 4 is 31.9 Å². The Bertz CT molecular complexity index is 620. The number of hydrogen-bond acceptors (Lipinski definition) is 5. The summed E-state index contributed by atoms with van der Waals surface area (Å²) in [7, 11) is -2.35. The van der Waals surface area contributed by atoms with Gasteiger partial charge in [-0.15, -0.1) is 0 Å². The molecule has 1 aromatic heterocycles. The van der Waals surface area contributed by atoms with Gasteiger partial charge in [-0.25, -0.2) is 17.5 Å². The Balaban J connectivity index is 2.18. The Kier molecular flexibility index (Phi) is 5.07. The van der Waals surface area contributed by atoms with E-state index in [1.807, 2.05) is 0 Å². The van der Waals surface area contributed by atoms with Gasteiger partial charge in [0.25, 0.3) is 0 Å². The van der Waals surface area contributed by atoms with Crippen LogP contribution in [0.3, 0.4) is 0 Å². The van der Waals surface area contributed by atoms with Crippen molar-refractivity contribution in [1.82, 2.24) is 4.31 Å². The molecule has 2 rings (SSSR count). The van der Waals surface area contributed by atoms with Crippen molar-refractivity contribution in [1.29, 1.82) is 0 Å². The van der Waals surface area contributed by atoms with Crippen LogP contribution in [-0.4, -0.2) is 50.6 Å². The maximum atomic E-state index is 12.5. The molecule has 0 amide bonds. The van der Waals surface area contributed by atoms with E-state index in [9.17, 15) is 13.2 Å². The Hall–Kier alpha value is -0.900. The van der Waals surface area contributed by atoms with E-state index in [4.69, 9.17) is 14.3 Å². The SMILES string of the molecule is CN(CC1CCCOC1)S(=O)(=O)c1cc(C(=O)O)oc1Br. The molecule has 1 saturated heterocycles. The Morgan fingerprint density at radius 3 is 2.81 bits per heavy atom. The van der Waals surface area contributed by atoms with Crippen molar-refractivity contribution in [3.63, 3.8) is 0 Å². The maximum Gasteiger partial charge on any atom is 0.371 e. The molecule has 2 heterocycles. The predicted octanol–water partition coefficient (Wildman–Crippen LogP) is 1.79. The zero-order valence-corrected chi connectivity index (χ0v) is 13.8. The molecule has 9 heteroatoms. The zero-order chi connectivity index (χ0) is 15.6. The first kappa shape index (κ1) is 16.5. The summed E-state index contributed by atoms with van der Waals surface area (Å²) in [5.41, 5.74) is 0. The number of carbonyl (C=O) groups is 1. The molecule has 118 valence electrons. The van der Waals surface area contributed by atoms with Gasteiger partial charge in [0.15, 0.2) is 4.67 Å². The van der Waals surface area contributed by atoms with Crippen LogP contribution in [0.25, 0.3) is 0 Å². The molecule has 7 nitrogen and oxygen atoms in total. The van der Waals surface area contributed by atoms with E-state index in [0.717, 1.165) is 18.9 Å². The number of ether oxygens (including phenoxy) is 1. The quantitative estimate of drug-likeness (QED) is 0.834. The number of halogens is 1. The van der Waals surface area contributed by atoms with Crippen molar-refractivity contribution in [3.05, 3.63) is 16.5 Å². The smallest absolute Gasteiger partial charge is 0.371 e. The van der Waals surface area contributed by atoms with Gasteiger partial charge in [-0.2, -0.15) is 0 Å². The van der Waals surface area contributed by atoms with Gasteiger partial charge in [-0.3, -0.25) is 0 Å². The topological polar surface area (TPSA) is 97.0 Å². The summed E-state index contributed by atoms with van der Waals surface area (Å²) in [6, 6.07) is 1.01. The second-order valence-corrected chi connectivity index (χ2v) is 7.66. The van der Waals surface area contributed by atoms with E-state index in [1.165, 1.54) is 11.4 Å². The highest BCUT2D eigenvalue weighted by atomic mass is 79.9. The van der Waals surface area contributed by atoms with E-state index in [0.29, 0.717) is 19.8 Å². The van der Waals surface area contributed by atoms with Crippen molar-refractivity contribution in [2.24, 2.45) is 5.92 Å². The van der Waals surface area contributed by atoms with Gasteiger partial charge in [0.2, 0.25) is 15.8 Å². The molecular formula is C12H16BrNO6S. The third kappa shape index (κ3) is 3.65. The second kappa shape index (κ2) is 6.47. The van der Waals surface area contributed by atoms with Gasteiger partial charge in [-0.05, 0) is 34.7 Å². The molecule has 0 saturated carbocycles. The molecule has 1 fully saturated rings. The van der Waals surface area contributed by atoms with Crippen LogP contribution in [0.2, 0.25) is 0 Å². The number of aromatic carboxylic acids is 1. The molecule has 0 spiro atoms. The molecule has 1 aliphatic rings. The molecule has 21 heavy (non-hydrogen) atoms. The molecular weight excluding hydrogens is 366 g/mol. The monoisotopic (exact) mass is 381 g/mol. The van der Waals surface area contributed by atoms with E-state index >= 15 is 0 Å². The normalized spacial score (nSPS) is 19.9. The van der Waals surface area contributed by atoms with Crippen molar-refractivity contribution in [2.45, 2.75) is 17.7 Å². The number of furan rings is 1. The summed E-state index contributed by atoms with van der Waals surface area (Å²) >= 11 is 2.95. The summed E-state index contributed by atoms with van der Waals surface area (Å²) < 4.78 is 36.2. The summed E-state index contributed by atoms with van der Waals surface area (Å²) in [6.45, 7) is 1.57. The average molecular weight is 382 g/mol. The van der Waals surface area contributed by atoms with Gasteiger partial charge < -0.3 is 14.3 Å². The number of carboxylic acids is 1. The minimum Gasteiger partial charge on any atom is -0.475 e. The fraction of sp³-hybridized carbons (Fsp3) is 0.583. The standard InChI is InChI=1S/C12H16BrNO6S/c1-14(6-8-3-2-4-19-7-8)21(17,18)10-5-9(12(15)16)20-11(10)13/h5,8H,2-4,6-7H2,1H3,(H,15,16). The molecule has 1 N–H and O–H groups in total. The predicted molar refractivity (Wildman–Crippen MR) is 76.7 cm³/mol. The lowest BCUT2D eigenvalue weighted by molar-refractivity contribution is 0.0495. The van der Waals surface area contributed by atoms with Crippen molar-refractivity contribution in [2.75, 3.05) is 26.8 Å². The zero-order valence-electron chi connectivity index (χ0n) is 11.4. The van der Waals surface area contributed by atoms with Crippen LogP contribution in [0.5, 0.6) is 0 Å². The van der Waals surface area contributed by atoms with Crippen molar-refractivity contribution < 1.29 is 27.5 Å². The molecule has 0 radical (unpaired) electrons. The van der Waals surface area contributed by atoms with Gasteiger partial charge in [0.05, 0.1) is 6.61 Å². The number of carboxylic acid groups (broad SMARTS) is 1. The first-order valence-electron chi connectivity index (χ1n) is 6.39. The lowest BCUT2D eigenvalue weighted by atomic mass is 10.0. The van der Waals surface area contributed by atoms with Crippen LogP contribution in [-0.2, 0) is 14.8 Å². The average Bonchev–Trinajstić information content (AvgIpc) is 2.83. The van der Waals surface area contributed by atoms with Gasteiger partial charge in [0, 0.05) is 26.3 Å². The highest BCUT2D eigenvalue weighted by molar-refractivity contribution is 9.10. The van der Waals surface area contributed by atoms with Gasteiger partial charge >= 0.3 is 5.97 Å². The summed E-state index contributed by atoms with van der Waals surface area (Å²) in [6.07, 6.45) is 1.82. The van der Waals surface area contributed by atoms with E-state index in [1.54, 1.807) is 0 Å². The first-order valence-corrected chi connectivity index (χ1v) is 8.62. The first-order chi connectivity index (χ1) is 9.82. The summed E-state index contributed by atoms with van der Waals surface area (Å²) in [5, 5.41) is 8.85. The Morgan fingerprint density at radius 1 is 1.57 bits per heavy atom. The second-order valence-electron chi connectivity index (χ2n) is 4.92. The summed E-state index contributed by atoms with van der Waals surface area (Å²) in [5.74, 6) is -1.60. The van der Waals surface area contributed by atoms with Gasteiger partial charge in [-0.1, -0.05) is 0 Å². The van der Waals surface area contributed by atoms with Crippen LogP contribution < -0.4 is 0 Å². The number of nitrogens with zero attached hydrogens (tertiary/aromatic N) is 1. The lowest BCUT2D eigenvalue weighted by Crippen LogP contribution is -2.35. The van der Waals surface area contributed by atoms with Crippen LogP contribution in [0.15, 0.2) is 20.0 Å². The molecule has 0 aliphatic carbocycles. The van der Waals surface area contributed by atoms with Crippen molar-refractivity contribution in [3.8, 4) is 0 Å². The Morgan fingerprint density at radius 2 is 2.29 bits per heavy atom. The molecule has 1 unspecified atom stereocenters. The Labute approximate surface area is 131 Å². The van der Waals surface area contributed by atoms with Crippen LogP contribution >= 0.6 is 15.9 Å². The van der Waals surface area contributed by atoms with Crippen LogP contribution in [0.4, 0.5) is 0 Å². The van der Waals surface area contributed by atoms with Crippen LogP contribution in [0, 0.1) is 5.92 Å². The van der Waals surface area contributed by atoms with Crippen LogP contribution in [0.1, 0.15) is 23.4 Å². The molecule has 1 atom stereocenters. The third-order valence-electron chi connectivity index (χ3n) is 3.32. The third-order valence-corrected chi connectivity index (χ3v) is 6.00. The molecule has 0 aromatic carbocycles. The molecule has 1 aliphatic heterocycles. The van der Waals surface area contributed by atoms with E-state index in [2.05, 4.69) is 15.9 Å². The fourth-order valence-corrected chi connectivity index (χ4v) is 4.36.